The average Bonchev–Trinajstić information content (AvgIpc) is 3.00. The fourth-order valence-corrected chi connectivity index (χ4v) is 3.67. The van der Waals surface area contributed by atoms with E-state index in [9.17, 15) is 35.9 Å². The monoisotopic (exact) mass is 730 g/mol. The Hall–Kier alpha value is -5.63. The number of benzene rings is 2. The van der Waals surface area contributed by atoms with E-state index in [1.54, 1.807) is 6.07 Å². The Kier molecular flexibility index (Phi) is 14.1. The van der Waals surface area contributed by atoms with E-state index in [1.165, 1.54) is 42.7 Å². The Bertz CT molecular complexity index is 1680. The normalized spacial score (nSPS) is 11.1. The summed E-state index contributed by atoms with van der Waals surface area (Å²) in [7, 11) is 3.98. The number of ether oxygens (including phenoxy) is 2. The van der Waals surface area contributed by atoms with Gasteiger partial charge in [0.2, 0.25) is 11.9 Å². The zero-order valence-corrected chi connectivity index (χ0v) is 26.8. The van der Waals surface area contributed by atoms with Crippen LogP contribution in [-0.4, -0.2) is 76.8 Å². The molecule has 2 aromatic carbocycles. The molecule has 0 aliphatic heterocycles. The Morgan fingerprint density at radius 3 is 1.60 bits per heavy atom. The molecule has 2 heterocycles. The standard InChI is InChI=1S/C17H21F3N6O2.C12H8ClF3N4O2/c1-26(2)11-3-9-21-14-8-10-22-15(24-14)25-16(27)23-12-4-6-13(7-5-12)28-17(18,19)20;13-9-5-6-17-10(19-9)20-11(21)18-7-1-3-8(4-2-7)22-12(14,15)16/h4-8,10H,3,9,11H2,1-2H3,(H3,21,22,23,24,25,27);1-6H,(H2,17,18,19,20,21). The van der Waals surface area contributed by atoms with Gasteiger partial charge in [-0.2, -0.15) is 4.98 Å². The zero-order chi connectivity index (χ0) is 36.7. The minimum absolute atomic E-state index is 0.0120. The number of hydrogen-bond acceptors (Lipinski definition) is 10. The van der Waals surface area contributed by atoms with Crippen molar-refractivity contribution in [2.75, 3.05) is 53.8 Å². The summed E-state index contributed by atoms with van der Waals surface area (Å²) in [4.78, 5) is 41.4. The van der Waals surface area contributed by atoms with E-state index in [0.717, 1.165) is 37.2 Å². The number of urea groups is 2. The summed E-state index contributed by atoms with van der Waals surface area (Å²) in [6, 6.07) is 11.2. The van der Waals surface area contributed by atoms with Gasteiger partial charge in [0, 0.05) is 30.3 Å². The Balaban J connectivity index is 0.000000278. The van der Waals surface area contributed by atoms with Gasteiger partial charge in [0.25, 0.3) is 0 Å². The van der Waals surface area contributed by atoms with Gasteiger partial charge in [-0.1, -0.05) is 11.6 Å². The lowest BCUT2D eigenvalue weighted by Gasteiger charge is -2.11. The number of anilines is 5. The van der Waals surface area contributed by atoms with E-state index in [1.807, 2.05) is 14.1 Å². The lowest BCUT2D eigenvalue weighted by Crippen LogP contribution is -2.21. The molecule has 0 radical (unpaired) electrons. The number of rotatable bonds is 11. The van der Waals surface area contributed by atoms with Crippen molar-refractivity contribution in [3.05, 3.63) is 78.2 Å². The smallest absolute Gasteiger partial charge is 0.406 e. The van der Waals surface area contributed by atoms with E-state index < -0.39 is 30.5 Å². The third-order valence-electron chi connectivity index (χ3n) is 5.51. The molecule has 268 valence electrons. The Morgan fingerprint density at radius 2 is 1.16 bits per heavy atom. The van der Waals surface area contributed by atoms with Gasteiger partial charge >= 0.3 is 24.8 Å². The summed E-state index contributed by atoms with van der Waals surface area (Å²) in [5.41, 5.74) is 0.541. The van der Waals surface area contributed by atoms with Crippen LogP contribution in [0.5, 0.6) is 11.5 Å². The van der Waals surface area contributed by atoms with Gasteiger partial charge in [-0.15, -0.1) is 26.3 Å². The minimum atomic E-state index is -4.77. The fourth-order valence-electron chi connectivity index (χ4n) is 3.53. The molecule has 0 saturated heterocycles. The zero-order valence-electron chi connectivity index (χ0n) is 26.1. The van der Waals surface area contributed by atoms with Gasteiger partial charge in [0.1, 0.15) is 22.5 Å². The molecule has 50 heavy (non-hydrogen) atoms. The quantitative estimate of drug-likeness (QED) is 0.0613. The molecule has 21 heteroatoms. The first-order valence-corrected chi connectivity index (χ1v) is 14.5. The summed E-state index contributed by atoms with van der Waals surface area (Å²) >= 11 is 5.63. The molecule has 14 nitrogen and oxygen atoms in total. The average molecular weight is 731 g/mol. The summed E-state index contributed by atoms with van der Waals surface area (Å²) in [6.07, 6.45) is -5.76. The first-order valence-electron chi connectivity index (χ1n) is 14.1. The van der Waals surface area contributed by atoms with Crippen molar-refractivity contribution >= 4 is 52.8 Å². The van der Waals surface area contributed by atoms with Crippen LogP contribution in [-0.2, 0) is 0 Å². The molecule has 0 aliphatic rings. The van der Waals surface area contributed by atoms with E-state index >= 15 is 0 Å². The largest absolute Gasteiger partial charge is 0.573 e. The van der Waals surface area contributed by atoms with Crippen LogP contribution in [0, 0.1) is 0 Å². The third-order valence-corrected chi connectivity index (χ3v) is 5.72. The Morgan fingerprint density at radius 1 is 0.700 bits per heavy atom. The fraction of sp³-hybridized carbons (Fsp3) is 0.241. The van der Waals surface area contributed by atoms with Gasteiger partial charge < -0.3 is 30.3 Å². The van der Waals surface area contributed by atoms with Crippen LogP contribution < -0.4 is 36.1 Å². The highest BCUT2D eigenvalue weighted by Crippen LogP contribution is 2.25. The number of nitrogens with zero attached hydrogens (tertiary/aromatic N) is 5. The van der Waals surface area contributed by atoms with Gasteiger partial charge in [-0.25, -0.2) is 24.5 Å². The van der Waals surface area contributed by atoms with Crippen LogP contribution >= 0.6 is 11.6 Å². The van der Waals surface area contributed by atoms with E-state index in [2.05, 4.69) is 60.9 Å². The van der Waals surface area contributed by atoms with Crippen LogP contribution in [0.15, 0.2) is 73.1 Å². The lowest BCUT2D eigenvalue weighted by atomic mass is 10.3. The highest BCUT2D eigenvalue weighted by atomic mass is 35.5. The molecule has 2 aromatic heterocycles. The van der Waals surface area contributed by atoms with Crippen molar-refractivity contribution in [1.82, 2.24) is 24.8 Å². The molecule has 0 atom stereocenters. The second-order valence-electron chi connectivity index (χ2n) is 9.85. The molecular formula is C29H29ClF6N10O4. The minimum Gasteiger partial charge on any atom is -0.406 e. The molecule has 0 bridgehead atoms. The number of carbonyl (C=O) groups excluding carboxylic acids is 2. The molecule has 0 spiro atoms. The van der Waals surface area contributed by atoms with Crippen molar-refractivity contribution in [3.63, 3.8) is 0 Å². The SMILES string of the molecule is CN(C)CCCNc1ccnc(NC(=O)Nc2ccc(OC(F)(F)F)cc2)n1.O=C(Nc1ccc(OC(F)(F)F)cc1)Nc1nccc(Cl)n1. The highest BCUT2D eigenvalue weighted by Gasteiger charge is 2.31. The van der Waals surface area contributed by atoms with Crippen LogP contribution in [0.1, 0.15) is 6.42 Å². The number of nitrogens with one attached hydrogen (secondary N) is 5. The van der Waals surface area contributed by atoms with Crippen LogP contribution in [0.25, 0.3) is 0 Å². The second kappa shape index (κ2) is 18.2. The maximum atomic E-state index is 12.1. The molecule has 4 aromatic rings. The molecule has 0 unspecified atom stereocenters. The Labute approximate surface area is 285 Å². The van der Waals surface area contributed by atoms with Gasteiger partial charge in [0.15, 0.2) is 0 Å². The third kappa shape index (κ3) is 16.0. The molecule has 0 aliphatic carbocycles. The summed E-state index contributed by atoms with van der Waals surface area (Å²) < 4.78 is 79.9. The summed E-state index contributed by atoms with van der Waals surface area (Å²) in [5.74, 6) is -0.127. The molecular weight excluding hydrogens is 702 g/mol. The number of amides is 4. The number of aromatic nitrogens is 4. The maximum absolute atomic E-state index is 12.1. The van der Waals surface area contributed by atoms with Crippen molar-refractivity contribution in [2.45, 2.75) is 19.1 Å². The van der Waals surface area contributed by atoms with Crippen molar-refractivity contribution in [1.29, 1.82) is 0 Å². The second-order valence-corrected chi connectivity index (χ2v) is 10.2. The number of carbonyl (C=O) groups is 2. The lowest BCUT2D eigenvalue weighted by molar-refractivity contribution is -0.275. The molecule has 0 saturated carbocycles. The van der Waals surface area contributed by atoms with Crippen molar-refractivity contribution in [3.8, 4) is 11.5 Å². The summed E-state index contributed by atoms with van der Waals surface area (Å²) in [6.45, 7) is 1.64. The van der Waals surface area contributed by atoms with E-state index in [-0.39, 0.29) is 34.2 Å². The number of halogens is 7. The highest BCUT2D eigenvalue weighted by molar-refractivity contribution is 6.29. The molecule has 0 fully saturated rings. The predicted octanol–water partition coefficient (Wildman–Crippen LogP) is 7.06. The topological polar surface area (TPSA) is 168 Å². The van der Waals surface area contributed by atoms with E-state index in [0.29, 0.717) is 12.4 Å². The molecule has 5 N–H and O–H groups in total. The summed E-state index contributed by atoms with van der Waals surface area (Å²) in [5, 5.41) is 12.9. The maximum Gasteiger partial charge on any atom is 0.573 e. The number of hydrogen-bond donors (Lipinski definition) is 5. The molecule has 4 amide bonds. The first-order chi connectivity index (χ1) is 23.5. The molecule has 4 rings (SSSR count). The van der Waals surface area contributed by atoms with E-state index in [4.69, 9.17) is 11.6 Å². The van der Waals surface area contributed by atoms with Gasteiger partial charge in [-0.3, -0.25) is 10.6 Å². The van der Waals surface area contributed by atoms with Crippen LogP contribution in [0.3, 0.4) is 0 Å². The van der Waals surface area contributed by atoms with Crippen molar-refractivity contribution < 1.29 is 45.4 Å². The number of alkyl halides is 6. The van der Waals surface area contributed by atoms with Crippen LogP contribution in [0.2, 0.25) is 5.15 Å². The first kappa shape index (κ1) is 38.8. The predicted molar refractivity (Wildman–Crippen MR) is 172 cm³/mol. The van der Waals surface area contributed by atoms with Gasteiger partial charge in [0.05, 0.1) is 0 Å². The van der Waals surface area contributed by atoms with Gasteiger partial charge in [-0.05, 0) is 87.7 Å². The van der Waals surface area contributed by atoms with Crippen molar-refractivity contribution in [2.24, 2.45) is 0 Å². The van der Waals surface area contributed by atoms with Crippen LogP contribution in [0.4, 0.5) is 65.0 Å².